The highest BCUT2D eigenvalue weighted by Crippen LogP contribution is 2.28. The second-order valence-electron chi connectivity index (χ2n) is 5.94. The van der Waals surface area contributed by atoms with Crippen LogP contribution in [0.3, 0.4) is 0 Å². The molecule has 16 heavy (non-hydrogen) atoms. The Balaban J connectivity index is 2.51. The highest BCUT2D eigenvalue weighted by atomic mass is 16.7. The van der Waals surface area contributed by atoms with Crippen molar-refractivity contribution in [2.24, 2.45) is 0 Å². The van der Waals surface area contributed by atoms with E-state index in [9.17, 15) is 4.79 Å². The molecule has 0 aromatic carbocycles. The van der Waals surface area contributed by atoms with Crippen molar-refractivity contribution >= 4 is 5.97 Å². The minimum atomic E-state index is -0.200. The van der Waals surface area contributed by atoms with Gasteiger partial charge in [0.1, 0.15) is 0 Å². The topological polar surface area (TPSA) is 50.4 Å². The summed E-state index contributed by atoms with van der Waals surface area (Å²) in [6.07, 6.45) is 2.31. The van der Waals surface area contributed by atoms with Gasteiger partial charge in [-0.25, -0.2) is 0 Å². The van der Waals surface area contributed by atoms with Crippen LogP contribution >= 0.6 is 0 Å². The predicted molar refractivity (Wildman–Crippen MR) is 63.8 cm³/mol. The number of hydroxylamine groups is 1. The Bertz CT molecular complexity index is 246. The highest BCUT2D eigenvalue weighted by Gasteiger charge is 2.38. The van der Waals surface area contributed by atoms with Crippen molar-refractivity contribution in [1.29, 1.82) is 0 Å². The molecular formula is C12H24N2O2. The molecule has 0 bridgehead atoms. The summed E-state index contributed by atoms with van der Waals surface area (Å²) in [6.45, 7) is 10.5. The molecule has 1 aliphatic rings. The number of carbonyl (C=O) groups is 1. The molecule has 0 unspecified atom stereocenters. The van der Waals surface area contributed by atoms with Gasteiger partial charge in [-0.05, 0) is 40.5 Å². The van der Waals surface area contributed by atoms with Crippen LogP contribution < -0.4 is 10.8 Å². The van der Waals surface area contributed by atoms with Gasteiger partial charge in [-0.3, -0.25) is 4.79 Å². The maximum absolute atomic E-state index is 11.1. The fourth-order valence-corrected chi connectivity index (χ4v) is 2.63. The molecule has 0 saturated carbocycles. The van der Waals surface area contributed by atoms with Gasteiger partial charge in [-0.1, -0.05) is 6.92 Å². The SMILES string of the molecule is CCC(=O)ONC1CC(C)(C)NC(C)(C)C1. The molecule has 1 saturated heterocycles. The predicted octanol–water partition coefficient (Wildman–Crippen LogP) is 1.75. The fraction of sp³-hybridized carbons (Fsp3) is 0.917. The normalized spacial score (nSPS) is 24.1. The van der Waals surface area contributed by atoms with Gasteiger partial charge < -0.3 is 10.2 Å². The first kappa shape index (κ1) is 13.5. The third-order valence-electron chi connectivity index (χ3n) is 2.82. The number of rotatable bonds is 3. The second-order valence-corrected chi connectivity index (χ2v) is 5.94. The summed E-state index contributed by atoms with van der Waals surface area (Å²) >= 11 is 0. The lowest BCUT2D eigenvalue weighted by Crippen LogP contribution is -2.61. The number of piperidine rings is 1. The largest absolute Gasteiger partial charge is 0.370 e. The smallest absolute Gasteiger partial charge is 0.324 e. The maximum Gasteiger partial charge on any atom is 0.324 e. The van der Waals surface area contributed by atoms with E-state index in [1.165, 1.54) is 0 Å². The van der Waals surface area contributed by atoms with Crippen molar-refractivity contribution in [3.63, 3.8) is 0 Å². The molecule has 0 aliphatic carbocycles. The Morgan fingerprint density at radius 3 is 2.25 bits per heavy atom. The van der Waals surface area contributed by atoms with Gasteiger partial charge in [0.05, 0.1) is 0 Å². The quantitative estimate of drug-likeness (QED) is 0.723. The summed E-state index contributed by atoms with van der Waals surface area (Å²) in [5.41, 5.74) is 3.03. The molecule has 1 fully saturated rings. The summed E-state index contributed by atoms with van der Waals surface area (Å²) in [5, 5.41) is 3.58. The zero-order valence-corrected chi connectivity index (χ0v) is 11.0. The number of nitrogens with one attached hydrogen (secondary N) is 2. The zero-order valence-electron chi connectivity index (χ0n) is 11.0. The molecule has 0 radical (unpaired) electrons. The summed E-state index contributed by atoms with van der Waals surface area (Å²) in [6, 6.07) is 0.224. The van der Waals surface area contributed by atoms with Crippen LogP contribution in [0.2, 0.25) is 0 Å². The molecule has 1 aliphatic heterocycles. The Morgan fingerprint density at radius 2 is 1.81 bits per heavy atom. The van der Waals surface area contributed by atoms with Crippen molar-refractivity contribution in [3.05, 3.63) is 0 Å². The van der Waals surface area contributed by atoms with Crippen molar-refractivity contribution in [2.75, 3.05) is 0 Å². The van der Waals surface area contributed by atoms with E-state index in [0.29, 0.717) is 6.42 Å². The second kappa shape index (κ2) is 4.72. The van der Waals surface area contributed by atoms with Crippen LogP contribution in [-0.4, -0.2) is 23.1 Å². The summed E-state index contributed by atoms with van der Waals surface area (Å²) < 4.78 is 0. The third kappa shape index (κ3) is 4.10. The van der Waals surface area contributed by atoms with Gasteiger partial charge in [0.2, 0.25) is 0 Å². The van der Waals surface area contributed by atoms with Gasteiger partial charge >= 0.3 is 5.97 Å². The lowest BCUT2D eigenvalue weighted by molar-refractivity contribution is -0.154. The van der Waals surface area contributed by atoms with E-state index in [-0.39, 0.29) is 23.1 Å². The fourth-order valence-electron chi connectivity index (χ4n) is 2.63. The van der Waals surface area contributed by atoms with Gasteiger partial charge in [0.15, 0.2) is 0 Å². The molecule has 2 N–H and O–H groups in total. The summed E-state index contributed by atoms with van der Waals surface area (Å²) in [7, 11) is 0. The van der Waals surface area contributed by atoms with E-state index in [1.807, 2.05) is 0 Å². The average Bonchev–Trinajstić information content (AvgIpc) is 2.09. The van der Waals surface area contributed by atoms with E-state index in [0.717, 1.165) is 12.8 Å². The first-order valence-corrected chi connectivity index (χ1v) is 5.99. The van der Waals surface area contributed by atoms with E-state index in [2.05, 4.69) is 38.5 Å². The van der Waals surface area contributed by atoms with Gasteiger partial charge in [-0.2, -0.15) is 0 Å². The van der Waals surface area contributed by atoms with Crippen LogP contribution in [0, 0.1) is 0 Å². The number of hydrogen-bond acceptors (Lipinski definition) is 4. The molecule has 94 valence electrons. The maximum atomic E-state index is 11.1. The molecule has 4 heteroatoms. The first-order chi connectivity index (χ1) is 7.24. The van der Waals surface area contributed by atoms with Crippen LogP contribution in [0.1, 0.15) is 53.9 Å². The van der Waals surface area contributed by atoms with Crippen molar-refractivity contribution in [3.8, 4) is 0 Å². The summed E-state index contributed by atoms with van der Waals surface area (Å²) in [5.74, 6) is -0.200. The molecule has 0 aromatic rings. The van der Waals surface area contributed by atoms with Crippen LogP contribution in [0.5, 0.6) is 0 Å². The van der Waals surface area contributed by atoms with Crippen LogP contribution in [-0.2, 0) is 9.63 Å². The van der Waals surface area contributed by atoms with Crippen molar-refractivity contribution in [1.82, 2.24) is 10.8 Å². The molecule has 4 nitrogen and oxygen atoms in total. The van der Waals surface area contributed by atoms with Gasteiger partial charge in [0.25, 0.3) is 0 Å². The van der Waals surface area contributed by atoms with Crippen molar-refractivity contribution < 1.29 is 9.63 Å². The lowest BCUT2D eigenvalue weighted by Gasteiger charge is -2.46. The third-order valence-corrected chi connectivity index (χ3v) is 2.82. The van der Waals surface area contributed by atoms with Crippen LogP contribution in [0.25, 0.3) is 0 Å². The number of hydrogen-bond donors (Lipinski definition) is 2. The minimum absolute atomic E-state index is 0.0675. The monoisotopic (exact) mass is 228 g/mol. The molecule has 0 aromatic heterocycles. The molecule has 0 spiro atoms. The molecule has 1 rings (SSSR count). The van der Waals surface area contributed by atoms with Crippen LogP contribution in [0.15, 0.2) is 0 Å². The van der Waals surface area contributed by atoms with Crippen molar-refractivity contribution in [2.45, 2.75) is 71.0 Å². The lowest BCUT2D eigenvalue weighted by atomic mass is 9.80. The molecule has 1 heterocycles. The van der Waals surface area contributed by atoms with Gasteiger partial charge in [-0.15, -0.1) is 5.48 Å². The Kier molecular flexibility index (Phi) is 3.97. The zero-order chi connectivity index (χ0) is 12.4. The molecular weight excluding hydrogens is 204 g/mol. The Morgan fingerprint density at radius 1 is 1.31 bits per heavy atom. The minimum Gasteiger partial charge on any atom is -0.370 e. The van der Waals surface area contributed by atoms with E-state index in [1.54, 1.807) is 6.92 Å². The molecule has 0 atom stereocenters. The summed E-state index contributed by atoms with van der Waals surface area (Å²) in [4.78, 5) is 16.1. The van der Waals surface area contributed by atoms with E-state index < -0.39 is 0 Å². The van der Waals surface area contributed by atoms with Crippen LogP contribution in [0.4, 0.5) is 0 Å². The Labute approximate surface area is 98.1 Å². The highest BCUT2D eigenvalue weighted by molar-refractivity contribution is 5.68. The first-order valence-electron chi connectivity index (χ1n) is 5.99. The standard InChI is InChI=1S/C12H24N2O2/c1-6-10(15)16-13-9-7-11(2,3)14-12(4,5)8-9/h9,13-14H,6-8H2,1-5H3. The Hall–Kier alpha value is -0.610. The van der Waals surface area contributed by atoms with Gasteiger partial charge in [0, 0.05) is 23.5 Å². The average molecular weight is 228 g/mol. The van der Waals surface area contributed by atoms with E-state index >= 15 is 0 Å². The van der Waals surface area contributed by atoms with E-state index in [4.69, 9.17) is 4.84 Å². The molecule has 0 amide bonds. The number of carbonyl (C=O) groups excluding carboxylic acids is 1.